The molecule has 0 amide bonds. The van der Waals surface area contributed by atoms with Crippen molar-refractivity contribution in [3.8, 4) is 20.9 Å². The lowest BCUT2D eigenvalue weighted by molar-refractivity contribution is 0.628. The van der Waals surface area contributed by atoms with E-state index in [1.165, 1.54) is 34.8 Å². The van der Waals surface area contributed by atoms with Gasteiger partial charge in [-0.15, -0.1) is 22.7 Å². The SMILES string of the molecule is Clc1cccc(-c2cnc(Cl)s2)c1.Fc1cccc(-c2cnc(Cl)s2)c1. The van der Waals surface area contributed by atoms with Crippen molar-refractivity contribution in [1.29, 1.82) is 0 Å². The fourth-order valence-electron chi connectivity index (χ4n) is 2.06. The third kappa shape index (κ3) is 5.25. The Kier molecular flexibility index (Phi) is 6.62. The van der Waals surface area contributed by atoms with Gasteiger partial charge in [0.15, 0.2) is 8.93 Å². The van der Waals surface area contributed by atoms with Crippen LogP contribution in [0.5, 0.6) is 0 Å². The highest BCUT2D eigenvalue weighted by molar-refractivity contribution is 7.19. The lowest BCUT2D eigenvalue weighted by atomic mass is 10.2. The summed E-state index contributed by atoms with van der Waals surface area (Å²) in [6.07, 6.45) is 3.39. The van der Waals surface area contributed by atoms with Crippen molar-refractivity contribution in [1.82, 2.24) is 9.97 Å². The second kappa shape index (κ2) is 8.93. The van der Waals surface area contributed by atoms with Gasteiger partial charge in [-0.05, 0) is 35.4 Å². The molecule has 0 bridgehead atoms. The van der Waals surface area contributed by atoms with E-state index in [-0.39, 0.29) is 5.82 Å². The Hall–Kier alpha value is -1.50. The van der Waals surface area contributed by atoms with Gasteiger partial charge in [0.05, 0.1) is 9.75 Å². The summed E-state index contributed by atoms with van der Waals surface area (Å²) in [6.45, 7) is 0. The van der Waals surface area contributed by atoms with Gasteiger partial charge in [-0.1, -0.05) is 59.1 Å². The van der Waals surface area contributed by atoms with E-state index < -0.39 is 0 Å². The molecule has 2 aromatic carbocycles. The van der Waals surface area contributed by atoms with Crippen LogP contribution in [0.3, 0.4) is 0 Å². The molecule has 8 heteroatoms. The van der Waals surface area contributed by atoms with Crippen LogP contribution in [0.2, 0.25) is 14.0 Å². The van der Waals surface area contributed by atoms with Gasteiger partial charge in [-0.2, -0.15) is 0 Å². The molecule has 0 unspecified atom stereocenters. The lowest BCUT2D eigenvalue weighted by Crippen LogP contribution is -1.74. The maximum absolute atomic E-state index is 12.8. The van der Waals surface area contributed by atoms with E-state index >= 15 is 0 Å². The monoisotopic (exact) mass is 442 g/mol. The molecule has 0 aliphatic heterocycles. The molecule has 0 saturated carbocycles. The van der Waals surface area contributed by atoms with Crippen molar-refractivity contribution < 1.29 is 4.39 Å². The largest absolute Gasteiger partial charge is 0.233 e. The summed E-state index contributed by atoms with van der Waals surface area (Å²) in [5.74, 6) is -0.248. The van der Waals surface area contributed by atoms with Crippen molar-refractivity contribution in [2.45, 2.75) is 0 Å². The van der Waals surface area contributed by atoms with Gasteiger partial charge in [0.25, 0.3) is 0 Å². The van der Waals surface area contributed by atoms with Crippen LogP contribution in [0.15, 0.2) is 60.9 Å². The van der Waals surface area contributed by atoms with Crippen LogP contribution in [0, 0.1) is 5.82 Å². The molecule has 2 aromatic heterocycles. The zero-order chi connectivity index (χ0) is 18.5. The molecule has 0 saturated heterocycles. The van der Waals surface area contributed by atoms with E-state index in [1.807, 2.05) is 30.3 Å². The minimum absolute atomic E-state index is 0.248. The Bertz CT molecular complexity index is 935. The first-order valence-electron chi connectivity index (χ1n) is 7.26. The molecule has 0 radical (unpaired) electrons. The Balaban J connectivity index is 0.000000151. The Morgan fingerprint density at radius 3 is 1.73 bits per heavy atom. The van der Waals surface area contributed by atoms with E-state index in [0.717, 1.165) is 25.9 Å². The van der Waals surface area contributed by atoms with Gasteiger partial charge in [0, 0.05) is 17.4 Å². The molecule has 0 atom stereocenters. The highest BCUT2D eigenvalue weighted by atomic mass is 35.5. The van der Waals surface area contributed by atoms with Gasteiger partial charge >= 0.3 is 0 Å². The quantitative estimate of drug-likeness (QED) is 0.317. The maximum atomic E-state index is 12.8. The minimum atomic E-state index is -0.248. The summed E-state index contributed by atoms with van der Waals surface area (Å²) in [5, 5.41) is 0.724. The molecular formula is C18H10Cl3FN2S2. The average Bonchev–Trinajstić information content (AvgIpc) is 3.24. The fourth-order valence-corrected chi connectivity index (χ4v) is 4.12. The number of benzene rings is 2. The molecule has 0 spiro atoms. The first kappa shape index (κ1) is 19.3. The molecule has 4 aromatic rings. The minimum Gasteiger partial charge on any atom is -0.233 e. The van der Waals surface area contributed by atoms with E-state index in [9.17, 15) is 4.39 Å². The summed E-state index contributed by atoms with van der Waals surface area (Å²) in [6, 6.07) is 14.0. The molecule has 132 valence electrons. The summed E-state index contributed by atoms with van der Waals surface area (Å²) in [7, 11) is 0. The number of rotatable bonds is 2. The molecule has 4 rings (SSSR count). The average molecular weight is 444 g/mol. The molecule has 2 nitrogen and oxygen atoms in total. The molecule has 0 N–H and O–H groups in total. The number of aromatic nitrogens is 2. The summed E-state index contributed by atoms with van der Waals surface area (Å²) >= 11 is 20.0. The van der Waals surface area contributed by atoms with E-state index in [0.29, 0.717) is 8.93 Å². The van der Waals surface area contributed by atoms with E-state index in [1.54, 1.807) is 18.5 Å². The summed E-state index contributed by atoms with van der Waals surface area (Å²) in [4.78, 5) is 9.76. The van der Waals surface area contributed by atoms with Crippen molar-refractivity contribution in [3.63, 3.8) is 0 Å². The van der Waals surface area contributed by atoms with Crippen LogP contribution >= 0.6 is 57.5 Å². The first-order valence-corrected chi connectivity index (χ1v) is 10.0. The second-order valence-electron chi connectivity index (χ2n) is 4.98. The van der Waals surface area contributed by atoms with Crippen molar-refractivity contribution in [3.05, 3.63) is 80.7 Å². The summed E-state index contributed by atoms with van der Waals surface area (Å²) in [5.41, 5.74) is 1.86. The zero-order valence-corrected chi connectivity index (χ0v) is 16.9. The first-order chi connectivity index (χ1) is 12.5. The van der Waals surface area contributed by atoms with Gasteiger partial charge < -0.3 is 0 Å². The number of halogens is 4. The summed E-state index contributed by atoms with van der Waals surface area (Å²) < 4.78 is 13.8. The molecule has 0 aliphatic rings. The molecule has 2 heterocycles. The molecule has 26 heavy (non-hydrogen) atoms. The van der Waals surface area contributed by atoms with Gasteiger partial charge in [0.1, 0.15) is 5.82 Å². The Morgan fingerprint density at radius 1 is 0.731 bits per heavy atom. The van der Waals surface area contributed by atoms with Crippen LogP contribution in [-0.4, -0.2) is 9.97 Å². The zero-order valence-electron chi connectivity index (χ0n) is 13.0. The number of thiazole rings is 2. The maximum Gasteiger partial charge on any atom is 0.184 e. The smallest absolute Gasteiger partial charge is 0.184 e. The molecular weight excluding hydrogens is 434 g/mol. The van der Waals surface area contributed by atoms with Crippen LogP contribution in [0.4, 0.5) is 4.39 Å². The highest BCUT2D eigenvalue weighted by Gasteiger charge is 2.03. The van der Waals surface area contributed by atoms with E-state index in [4.69, 9.17) is 34.8 Å². The second-order valence-corrected chi connectivity index (χ2v) is 8.64. The predicted molar refractivity (Wildman–Crippen MR) is 110 cm³/mol. The normalized spacial score (nSPS) is 10.3. The standard InChI is InChI=1S/C9H5Cl2NS.C9H5ClFNS/c10-7-3-1-2-6(4-7)8-5-12-9(11)13-8;10-9-12-5-8(13-9)6-2-1-3-7(11)4-6/h2*1-5H. The van der Waals surface area contributed by atoms with Gasteiger partial charge in [-0.3, -0.25) is 0 Å². The Morgan fingerprint density at radius 2 is 1.27 bits per heavy atom. The third-order valence-corrected chi connectivity index (χ3v) is 5.74. The van der Waals surface area contributed by atoms with Crippen molar-refractivity contribution in [2.75, 3.05) is 0 Å². The van der Waals surface area contributed by atoms with Crippen LogP contribution < -0.4 is 0 Å². The predicted octanol–water partition coefficient (Wildman–Crippen LogP) is 7.72. The van der Waals surface area contributed by atoms with Crippen LogP contribution in [-0.2, 0) is 0 Å². The van der Waals surface area contributed by atoms with Crippen molar-refractivity contribution >= 4 is 57.5 Å². The lowest BCUT2D eigenvalue weighted by Gasteiger charge is -1.95. The number of hydrogen-bond acceptors (Lipinski definition) is 4. The Labute approximate surface area is 172 Å². The fraction of sp³-hybridized carbons (Fsp3) is 0. The highest BCUT2D eigenvalue weighted by Crippen LogP contribution is 2.30. The molecule has 0 aliphatic carbocycles. The topological polar surface area (TPSA) is 25.8 Å². The molecule has 0 fully saturated rings. The van der Waals surface area contributed by atoms with Crippen LogP contribution in [0.1, 0.15) is 0 Å². The van der Waals surface area contributed by atoms with Gasteiger partial charge in [0.2, 0.25) is 0 Å². The number of hydrogen-bond donors (Lipinski definition) is 0. The third-order valence-electron chi connectivity index (χ3n) is 3.17. The van der Waals surface area contributed by atoms with Crippen molar-refractivity contribution in [2.24, 2.45) is 0 Å². The van der Waals surface area contributed by atoms with Crippen LogP contribution in [0.25, 0.3) is 20.9 Å². The number of nitrogens with zero attached hydrogens (tertiary/aromatic N) is 2. The van der Waals surface area contributed by atoms with E-state index in [2.05, 4.69) is 9.97 Å². The van der Waals surface area contributed by atoms with Gasteiger partial charge in [-0.25, -0.2) is 14.4 Å².